The minimum Gasteiger partial charge on any atom is -0.497 e. The Labute approximate surface area is 155 Å². The van der Waals surface area contributed by atoms with Gasteiger partial charge in [0.1, 0.15) is 5.75 Å². The molecule has 0 saturated carbocycles. The molecule has 2 aromatic rings. The molecule has 1 aliphatic rings. The molecule has 138 valence electrons. The van der Waals surface area contributed by atoms with Gasteiger partial charge in [-0.15, -0.1) is 0 Å². The number of ether oxygens (including phenoxy) is 1. The van der Waals surface area contributed by atoms with Crippen molar-refractivity contribution in [3.05, 3.63) is 54.1 Å². The van der Waals surface area contributed by atoms with Crippen LogP contribution >= 0.6 is 0 Å². The molecule has 1 saturated heterocycles. The number of anilines is 2. The molecule has 3 rings (SSSR count). The molecule has 1 atom stereocenters. The number of benzene rings is 2. The Morgan fingerprint density at radius 3 is 2.92 bits per heavy atom. The number of nitrogens with zero attached hydrogens (tertiary/aromatic N) is 1. The highest BCUT2D eigenvalue weighted by molar-refractivity contribution is 5.77. The first-order valence-corrected chi connectivity index (χ1v) is 9.17. The molecule has 0 aliphatic carbocycles. The Morgan fingerprint density at radius 1 is 1.27 bits per heavy atom. The monoisotopic (exact) mass is 353 g/mol. The first-order valence-electron chi connectivity index (χ1n) is 9.17. The third kappa shape index (κ3) is 4.69. The fourth-order valence-electron chi connectivity index (χ4n) is 3.45. The summed E-state index contributed by atoms with van der Waals surface area (Å²) < 4.78 is 5.31. The van der Waals surface area contributed by atoms with Crippen molar-refractivity contribution in [3.63, 3.8) is 0 Å². The van der Waals surface area contributed by atoms with Crippen LogP contribution in [-0.2, 0) is 11.2 Å². The van der Waals surface area contributed by atoms with Crippen LogP contribution < -0.4 is 20.7 Å². The van der Waals surface area contributed by atoms with Gasteiger partial charge in [0.05, 0.1) is 7.11 Å². The molecule has 5 heteroatoms. The van der Waals surface area contributed by atoms with Crippen molar-refractivity contribution in [2.24, 2.45) is 0 Å². The molecule has 1 heterocycles. The van der Waals surface area contributed by atoms with Crippen molar-refractivity contribution in [1.82, 2.24) is 5.32 Å². The van der Waals surface area contributed by atoms with Crippen LogP contribution in [-0.4, -0.2) is 32.1 Å². The third-order valence-corrected chi connectivity index (χ3v) is 4.88. The summed E-state index contributed by atoms with van der Waals surface area (Å²) in [4.78, 5) is 14.7. The number of rotatable bonds is 6. The van der Waals surface area contributed by atoms with E-state index in [-0.39, 0.29) is 11.9 Å². The maximum Gasteiger partial charge on any atom is 0.220 e. The lowest BCUT2D eigenvalue weighted by molar-refractivity contribution is -0.121. The molecule has 1 aliphatic heterocycles. The zero-order valence-corrected chi connectivity index (χ0v) is 15.3. The molecule has 1 fully saturated rings. The minimum atomic E-state index is 0.0887. The average Bonchev–Trinajstić information content (AvgIpc) is 2.67. The lowest BCUT2D eigenvalue weighted by Crippen LogP contribution is -2.47. The molecule has 2 aromatic carbocycles. The van der Waals surface area contributed by atoms with Gasteiger partial charge in [-0.1, -0.05) is 24.3 Å². The number of hydrogen-bond acceptors (Lipinski definition) is 4. The normalized spacial score (nSPS) is 17.0. The minimum absolute atomic E-state index is 0.0887. The topological polar surface area (TPSA) is 67.6 Å². The highest BCUT2D eigenvalue weighted by Crippen LogP contribution is 2.24. The van der Waals surface area contributed by atoms with Crippen LogP contribution in [0.4, 0.5) is 11.4 Å². The predicted molar refractivity (Wildman–Crippen MR) is 106 cm³/mol. The second kappa shape index (κ2) is 8.61. The van der Waals surface area contributed by atoms with Crippen LogP contribution in [0.3, 0.4) is 0 Å². The van der Waals surface area contributed by atoms with E-state index in [0.29, 0.717) is 12.8 Å². The van der Waals surface area contributed by atoms with E-state index in [4.69, 9.17) is 10.5 Å². The molecule has 5 nitrogen and oxygen atoms in total. The van der Waals surface area contributed by atoms with Crippen molar-refractivity contribution in [1.29, 1.82) is 0 Å². The Kier molecular flexibility index (Phi) is 6.00. The van der Waals surface area contributed by atoms with E-state index in [1.807, 2.05) is 42.5 Å². The smallest absolute Gasteiger partial charge is 0.220 e. The molecule has 1 amide bonds. The predicted octanol–water partition coefficient (Wildman–Crippen LogP) is 3.00. The van der Waals surface area contributed by atoms with Gasteiger partial charge >= 0.3 is 0 Å². The second-order valence-corrected chi connectivity index (χ2v) is 6.75. The number of para-hydroxylation sites is 1. The van der Waals surface area contributed by atoms with Crippen molar-refractivity contribution in [2.75, 3.05) is 30.8 Å². The van der Waals surface area contributed by atoms with Crippen molar-refractivity contribution in [2.45, 2.75) is 31.7 Å². The molecule has 26 heavy (non-hydrogen) atoms. The number of piperidine rings is 1. The summed E-state index contributed by atoms with van der Waals surface area (Å²) in [5.41, 5.74) is 8.87. The number of nitrogens with one attached hydrogen (secondary N) is 1. The molecular weight excluding hydrogens is 326 g/mol. The van der Waals surface area contributed by atoms with Gasteiger partial charge in [0.2, 0.25) is 5.91 Å². The maximum atomic E-state index is 12.3. The Hall–Kier alpha value is -2.69. The van der Waals surface area contributed by atoms with Crippen LogP contribution in [0.25, 0.3) is 0 Å². The zero-order chi connectivity index (χ0) is 18.4. The molecular formula is C21H27N3O2. The molecule has 1 unspecified atom stereocenters. The number of carbonyl (C=O) groups excluding carboxylic acids is 1. The fourth-order valence-corrected chi connectivity index (χ4v) is 3.45. The quantitative estimate of drug-likeness (QED) is 0.784. The van der Waals surface area contributed by atoms with Crippen molar-refractivity contribution >= 4 is 17.3 Å². The SMILES string of the molecule is COc1cccc(N2CCCC(NC(=O)CCc3ccccc3N)C2)c1. The summed E-state index contributed by atoms with van der Waals surface area (Å²) >= 11 is 0. The van der Waals surface area contributed by atoms with Crippen LogP contribution in [0.5, 0.6) is 5.75 Å². The van der Waals surface area contributed by atoms with Crippen molar-refractivity contribution < 1.29 is 9.53 Å². The van der Waals surface area contributed by atoms with E-state index in [1.54, 1.807) is 7.11 Å². The average molecular weight is 353 g/mol. The van der Waals surface area contributed by atoms with Gasteiger partial charge in [-0.25, -0.2) is 0 Å². The van der Waals surface area contributed by atoms with E-state index in [0.717, 1.165) is 48.6 Å². The van der Waals surface area contributed by atoms with E-state index in [9.17, 15) is 4.79 Å². The van der Waals surface area contributed by atoms with Crippen LogP contribution in [0.2, 0.25) is 0 Å². The lowest BCUT2D eigenvalue weighted by atomic mass is 10.0. The molecule has 0 bridgehead atoms. The van der Waals surface area contributed by atoms with E-state index < -0.39 is 0 Å². The fraction of sp³-hybridized carbons (Fsp3) is 0.381. The summed E-state index contributed by atoms with van der Waals surface area (Å²) in [6.45, 7) is 1.83. The second-order valence-electron chi connectivity index (χ2n) is 6.75. The van der Waals surface area contributed by atoms with E-state index in [2.05, 4.69) is 16.3 Å². The number of aryl methyl sites for hydroxylation is 1. The maximum absolute atomic E-state index is 12.3. The van der Waals surface area contributed by atoms with Gasteiger partial charge in [0, 0.05) is 43.0 Å². The molecule has 3 N–H and O–H groups in total. The highest BCUT2D eigenvalue weighted by atomic mass is 16.5. The van der Waals surface area contributed by atoms with E-state index >= 15 is 0 Å². The molecule has 0 aromatic heterocycles. The lowest BCUT2D eigenvalue weighted by Gasteiger charge is -2.35. The van der Waals surface area contributed by atoms with Gasteiger partial charge in [-0.3, -0.25) is 4.79 Å². The summed E-state index contributed by atoms with van der Waals surface area (Å²) in [5, 5.41) is 3.18. The van der Waals surface area contributed by atoms with Gasteiger partial charge in [0.15, 0.2) is 0 Å². The largest absolute Gasteiger partial charge is 0.497 e. The number of nitrogens with two attached hydrogens (primary N) is 1. The Balaban J connectivity index is 1.53. The van der Waals surface area contributed by atoms with Crippen LogP contribution in [0.15, 0.2) is 48.5 Å². The first-order chi connectivity index (χ1) is 12.7. The van der Waals surface area contributed by atoms with Crippen molar-refractivity contribution in [3.8, 4) is 5.75 Å². The van der Waals surface area contributed by atoms with Gasteiger partial charge < -0.3 is 20.7 Å². The molecule has 0 radical (unpaired) electrons. The number of amides is 1. The van der Waals surface area contributed by atoms with Gasteiger partial charge in [0.25, 0.3) is 0 Å². The van der Waals surface area contributed by atoms with Crippen LogP contribution in [0, 0.1) is 0 Å². The summed E-state index contributed by atoms with van der Waals surface area (Å²) in [5.74, 6) is 0.944. The molecule has 0 spiro atoms. The Bertz CT molecular complexity index is 748. The van der Waals surface area contributed by atoms with Crippen LogP contribution in [0.1, 0.15) is 24.8 Å². The summed E-state index contributed by atoms with van der Waals surface area (Å²) in [7, 11) is 1.68. The van der Waals surface area contributed by atoms with Gasteiger partial charge in [-0.2, -0.15) is 0 Å². The third-order valence-electron chi connectivity index (χ3n) is 4.88. The number of hydrogen-bond donors (Lipinski definition) is 2. The summed E-state index contributed by atoms with van der Waals surface area (Å²) in [6, 6.07) is 16.0. The first kappa shape index (κ1) is 18.1. The number of nitrogen functional groups attached to an aromatic ring is 1. The number of carbonyl (C=O) groups is 1. The highest BCUT2D eigenvalue weighted by Gasteiger charge is 2.21. The standard InChI is InChI=1S/C21H27N3O2/c1-26-19-9-4-8-18(14-19)24-13-5-7-17(15-24)23-21(25)12-11-16-6-2-3-10-20(16)22/h2-4,6,8-10,14,17H,5,7,11-13,15,22H2,1H3,(H,23,25). The van der Waals surface area contributed by atoms with E-state index in [1.165, 1.54) is 0 Å². The van der Waals surface area contributed by atoms with Gasteiger partial charge in [-0.05, 0) is 43.0 Å². The Morgan fingerprint density at radius 2 is 2.12 bits per heavy atom. The zero-order valence-electron chi connectivity index (χ0n) is 15.3. The summed E-state index contributed by atoms with van der Waals surface area (Å²) in [6.07, 6.45) is 3.21. The number of methoxy groups -OCH3 is 1.